The van der Waals surface area contributed by atoms with Crippen molar-refractivity contribution in [2.45, 2.75) is 238 Å². The number of carbonyl (C=O) groups is 3. The molecule has 0 saturated heterocycles. The summed E-state index contributed by atoms with van der Waals surface area (Å²) in [6.45, 7) is 4.31. The van der Waals surface area contributed by atoms with Crippen molar-refractivity contribution in [3.05, 3.63) is 109 Å². The molecule has 0 radical (unpaired) electrons. The lowest BCUT2D eigenvalue weighted by Crippen LogP contribution is -2.30. The minimum atomic E-state index is -4.77. The zero-order chi connectivity index (χ0) is 54.1. The van der Waals surface area contributed by atoms with Gasteiger partial charge in [-0.25, -0.2) is 4.57 Å². The van der Waals surface area contributed by atoms with E-state index in [0.29, 0.717) is 19.3 Å². The van der Waals surface area contributed by atoms with E-state index in [1.807, 2.05) is 0 Å². The van der Waals surface area contributed by atoms with E-state index >= 15 is 0 Å². The summed E-state index contributed by atoms with van der Waals surface area (Å²) in [5, 5.41) is 9.80. The number of phosphoric acid groups is 1. The second kappa shape index (κ2) is 55.4. The van der Waals surface area contributed by atoms with Gasteiger partial charge >= 0.3 is 25.7 Å². The molecule has 74 heavy (non-hydrogen) atoms. The summed E-state index contributed by atoms with van der Waals surface area (Å²) in [7, 11) is -4.77. The van der Waals surface area contributed by atoms with Crippen molar-refractivity contribution in [2.24, 2.45) is 0 Å². The molecule has 0 aromatic rings. The molecular weight excluding hydrogens is 952 g/mol. The van der Waals surface area contributed by atoms with Crippen LogP contribution >= 0.6 is 7.82 Å². The molecule has 11 nitrogen and oxygen atoms in total. The topological polar surface area (TPSA) is 155 Å². The number of ether oxygens (including phenoxy) is 3. The Balaban J connectivity index is 4.80. The van der Waals surface area contributed by atoms with Crippen molar-refractivity contribution in [2.75, 3.05) is 26.4 Å². The molecule has 0 spiro atoms. The standard InChI is InChI=1S/C62H103O11P/c1-4-7-10-13-16-19-22-25-27-28-29-30-32-34-36-39-42-45-48-51-60(64)69-55-59(73-62(66)53-50-47-44-41-38-35-31-26-23-20-17-14-11-8-5-2)57-71-74(67,68)70-56-58(54-63)72-61(65)52-49-46-43-40-37-33-24-21-18-15-12-9-6-3/h8-9,11-12,16-21,25-27,29-31,33,37,58-59,63H,4-7,10,13-15,22-24,28,32,34-36,38-57H2,1-3H3,(H,67,68)/b11-8-,12-9-,19-16-,20-17-,21-18-,27-25-,30-29-,31-26-,37-33-. The lowest BCUT2D eigenvalue weighted by Gasteiger charge is -2.21. The van der Waals surface area contributed by atoms with Crippen molar-refractivity contribution < 1.29 is 52.2 Å². The number of carbonyl (C=O) groups excluding carboxylic acids is 3. The highest BCUT2D eigenvalue weighted by Gasteiger charge is 2.28. The molecule has 3 atom stereocenters. The molecule has 0 rings (SSSR count). The van der Waals surface area contributed by atoms with Gasteiger partial charge in [0.05, 0.1) is 19.8 Å². The molecule has 0 aromatic heterocycles. The molecule has 0 saturated carbocycles. The number of unbranched alkanes of at least 4 members (excludes halogenated alkanes) is 17. The largest absolute Gasteiger partial charge is 0.472 e. The lowest BCUT2D eigenvalue weighted by atomic mass is 10.1. The molecule has 0 bridgehead atoms. The predicted molar refractivity (Wildman–Crippen MR) is 307 cm³/mol. The molecule has 0 aliphatic carbocycles. The number of rotatable bonds is 52. The Morgan fingerprint density at radius 2 is 0.703 bits per heavy atom. The van der Waals surface area contributed by atoms with Crippen LogP contribution in [-0.2, 0) is 42.2 Å². The van der Waals surface area contributed by atoms with E-state index in [1.54, 1.807) is 0 Å². The summed E-state index contributed by atoms with van der Waals surface area (Å²) in [5.74, 6) is -1.54. The van der Waals surface area contributed by atoms with Gasteiger partial charge in [0.1, 0.15) is 12.7 Å². The normalized spacial score (nSPS) is 14.2. The third-order valence-corrected chi connectivity index (χ3v) is 12.6. The zero-order valence-electron chi connectivity index (χ0n) is 46.5. The molecule has 0 fully saturated rings. The van der Waals surface area contributed by atoms with E-state index in [4.69, 9.17) is 23.3 Å². The fourth-order valence-corrected chi connectivity index (χ4v) is 8.12. The van der Waals surface area contributed by atoms with Gasteiger partial charge in [0.2, 0.25) is 0 Å². The highest BCUT2D eigenvalue weighted by Crippen LogP contribution is 2.43. The van der Waals surface area contributed by atoms with Gasteiger partial charge in [-0.15, -0.1) is 0 Å². The molecular formula is C62H103O11P. The highest BCUT2D eigenvalue weighted by atomic mass is 31.2. The molecule has 0 aliphatic rings. The van der Waals surface area contributed by atoms with E-state index < -0.39 is 57.8 Å². The van der Waals surface area contributed by atoms with Gasteiger partial charge in [0.25, 0.3) is 0 Å². The van der Waals surface area contributed by atoms with Crippen molar-refractivity contribution in [3.8, 4) is 0 Å². The minimum absolute atomic E-state index is 0.135. The van der Waals surface area contributed by atoms with Crippen molar-refractivity contribution in [1.29, 1.82) is 0 Å². The number of aliphatic hydroxyl groups is 1. The predicted octanol–water partition coefficient (Wildman–Crippen LogP) is 17.0. The highest BCUT2D eigenvalue weighted by molar-refractivity contribution is 7.47. The summed E-state index contributed by atoms with van der Waals surface area (Å²) in [5.41, 5.74) is 0. The first kappa shape index (κ1) is 70.1. The first-order valence-electron chi connectivity index (χ1n) is 28.8. The van der Waals surface area contributed by atoms with Crippen LogP contribution in [0.4, 0.5) is 0 Å². The minimum Gasteiger partial charge on any atom is -0.462 e. The van der Waals surface area contributed by atoms with Crippen LogP contribution in [0.15, 0.2) is 109 Å². The Labute approximate surface area is 450 Å². The van der Waals surface area contributed by atoms with Crippen LogP contribution in [0.1, 0.15) is 226 Å². The van der Waals surface area contributed by atoms with Gasteiger partial charge in [-0.2, -0.15) is 0 Å². The second-order valence-electron chi connectivity index (χ2n) is 18.7. The molecule has 0 aromatic carbocycles. The summed E-state index contributed by atoms with van der Waals surface area (Å²) < 4.78 is 39.5. The number of aliphatic hydroxyl groups excluding tert-OH is 1. The molecule has 0 amide bonds. The summed E-state index contributed by atoms with van der Waals surface area (Å²) in [6, 6.07) is 0. The van der Waals surface area contributed by atoms with E-state index in [-0.39, 0.29) is 25.9 Å². The van der Waals surface area contributed by atoms with Crippen LogP contribution in [0.2, 0.25) is 0 Å². The van der Waals surface area contributed by atoms with Crippen LogP contribution in [0.25, 0.3) is 0 Å². The van der Waals surface area contributed by atoms with Gasteiger partial charge in [-0.1, -0.05) is 194 Å². The van der Waals surface area contributed by atoms with Gasteiger partial charge in [-0.3, -0.25) is 23.4 Å². The Hall–Kier alpha value is -3.86. The van der Waals surface area contributed by atoms with Gasteiger partial charge in [0, 0.05) is 19.3 Å². The number of allylic oxidation sites excluding steroid dienone is 18. The second-order valence-corrected chi connectivity index (χ2v) is 20.1. The summed E-state index contributed by atoms with van der Waals surface area (Å²) >= 11 is 0. The first-order valence-corrected chi connectivity index (χ1v) is 30.3. The third kappa shape index (κ3) is 53.0. The summed E-state index contributed by atoms with van der Waals surface area (Å²) in [6.07, 6.45) is 66.2. The SMILES string of the molecule is CC/C=C\C/C=C\C/C=C\CCCCCCCC(=O)OC(COC(=O)CCCCCCCC/C=C\C/C=C\C/C=C\CCCCC)COP(=O)(O)OCC(CO)OC(=O)CCCCC/C=C\C/C=C\C/C=C\CC. The fraction of sp³-hybridized carbons (Fsp3) is 0.661. The van der Waals surface area contributed by atoms with E-state index in [2.05, 4.69) is 130 Å². The third-order valence-electron chi connectivity index (χ3n) is 11.7. The number of hydrogen-bond acceptors (Lipinski definition) is 10. The van der Waals surface area contributed by atoms with Gasteiger partial charge in [0.15, 0.2) is 6.10 Å². The molecule has 422 valence electrons. The monoisotopic (exact) mass is 1050 g/mol. The molecule has 0 aliphatic heterocycles. The average Bonchev–Trinajstić information content (AvgIpc) is 3.39. The Morgan fingerprint density at radius 1 is 0.392 bits per heavy atom. The van der Waals surface area contributed by atoms with E-state index in [9.17, 15) is 28.9 Å². The number of hydrogen-bond donors (Lipinski definition) is 2. The van der Waals surface area contributed by atoms with Crippen molar-refractivity contribution >= 4 is 25.7 Å². The maximum atomic E-state index is 12.9. The van der Waals surface area contributed by atoms with Crippen LogP contribution in [-0.4, -0.2) is 66.5 Å². The fourth-order valence-electron chi connectivity index (χ4n) is 7.33. The van der Waals surface area contributed by atoms with E-state index in [1.165, 1.54) is 25.7 Å². The molecule has 0 heterocycles. The average molecular weight is 1060 g/mol. The molecule has 12 heteroatoms. The first-order chi connectivity index (χ1) is 36.2. The van der Waals surface area contributed by atoms with Crippen LogP contribution in [0.3, 0.4) is 0 Å². The number of esters is 3. The molecule has 3 unspecified atom stereocenters. The maximum absolute atomic E-state index is 12.9. The van der Waals surface area contributed by atoms with Crippen molar-refractivity contribution in [1.82, 2.24) is 0 Å². The van der Waals surface area contributed by atoms with E-state index in [0.717, 1.165) is 141 Å². The molecule has 2 N–H and O–H groups in total. The smallest absolute Gasteiger partial charge is 0.462 e. The van der Waals surface area contributed by atoms with Gasteiger partial charge < -0.3 is 24.2 Å². The summed E-state index contributed by atoms with van der Waals surface area (Å²) in [4.78, 5) is 48.5. The van der Waals surface area contributed by atoms with Crippen LogP contribution in [0.5, 0.6) is 0 Å². The maximum Gasteiger partial charge on any atom is 0.472 e. The number of phosphoric ester groups is 1. The van der Waals surface area contributed by atoms with Crippen LogP contribution in [0, 0.1) is 0 Å². The zero-order valence-corrected chi connectivity index (χ0v) is 47.4. The Morgan fingerprint density at radius 3 is 1.09 bits per heavy atom. The lowest BCUT2D eigenvalue weighted by molar-refractivity contribution is -0.161. The Kier molecular flexibility index (Phi) is 52.5. The van der Waals surface area contributed by atoms with Crippen LogP contribution < -0.4 is 0 Å². The Bertz CT molecular complexity index is 1660. The van der Waals surface area contributed by atoms with Crippen molar-refractivity contribution in [3.63, 3.8) is 0 Å². The van der Waals surface area contributed by atoms with Gasteiger partial charge in [-0.05, 0) is 122 Å². The quantitative estimate of drug-likeness (QED) is 0.0197.